The van der Waals surface area contributed by atoms with Crippen LogP contribution in [0.5, 0.6) is 0 Å². The van der Waals surface area contributed by atoms with Crippen molar-refractivity contribution in [2.45, 2.75) is 58.8 Å². The van der Waals surface area contributed by atoms with Crippen molar-refractivity contribution in [3.05, 3.63) is 89.2 Å². The molecule has 0 spiro atoms. The maximum atomic E-state index is 14.1. The van der Waals surface area contributed by atoms with E-state index in [0.29, 0.717) is 37.2 Å². The van der Waals surface area contributed by atoms with Gasteiger partial charge < -0.3 is 26.6 Å². The second-order valence-electron chi connectivity index (χ2n) is 10.6. The Morgan fingerprint density at radius 1 is 1.05 bits per heavy atom. The molecule has 0 saturated heterocycles. The molecule has 0 radical (unpaired) electrons. The lowest BCUT2D eigenvalue weighted by Gasteiger charge is -2.27. The predicted molar refractivity (Wildman–Crippen MR) is 158 cm³/mol. The summed E-state index contributed by atoms with van der Waals surface area (Å²) in [4.78, 5) is 40.0. The third-order valence-corrected chi connectivity index (χ3v) is 7.34. The van der Waals surface area contributed by atoms with Crippen molar-refractivity contribution in [2.24, 2.45) is 11.7 Å². The number of carbonyl (C=O) groups excluding carboxylic acids is 3. The van der Waals surface area contributed by atoms with E-state index in [1.54, 1.807) is 11.0 Å². The number of urea groups is 1. The van der Waals surface area contributed by atoms with Crippen LogP contribution in [-0.2, 0) is 29.1 Å². The summed E-state index contributed by atoms with van der Waals surface area (Å²) in [6.45, 7) is 6.75. The SMILES string of the molecule is CCNC(=O)NCc1ccccc1-c1ccc(CN2C(=O)[C@H](NC(=O)C(N)C(C)C)CCc3cc(F)ccc32)cc1. The highest BCUT2D eigenvalue weighted by Crippen LogP contribution is 2.30. The maximum Gasteiger partial charge on any atom is 0.315 e. The molecule has 216 valence electrons. The first-order valence-corrected chi connectivity index (χ1v) is 14.0. The third-order valence-electron chi connectivity index (χ3n) is 7.34. The van der Waals surface area contributed by atoms with Gasteiger partial charge in [0.2, 0.25) is 11.8 Å². The molecule has 0 fully saturated rings. The van der Waals surface area contributed by atoms with Crippen LogP contribution in [0.1, 0.15) is 43.9 Å². The zero-order valence-electron chi connectivity index (χ0n) is 23.7. The minimum atomic E-state index is -0.772. The van der Waals surface area contributed by atoms with Crippen LogP contribution in [0.15, 0.2) is 66.7 Å². The summed E-state index contributed by atoms with van der Waals surface area (Å²) in [5, 5.41) is 8.44. The molecular formula is C32H38FN5O3. The van der Waals surface area contributed by atoms with Gasteiger partial charge in [0.15, 0.2) is 0 Å². The molecule has 3 aromatic rings. The second kappa shape index (κ2) is 13.4. The smallest absolute Gasteiger partial charge is 0.315 e. The Hall–Kier alpha value is -4.24. The summed E-state index contributed by atoms with van der Waals surface area (Å²) in [6, 6.07) is 18.4. The number of halogens is 1. The van der Waals surface area contributed by atoms with Crippen molar-refractivity contribution in [1.82, 2.24) is 16.0 Å². The van der Waals surface area contributed by atoms with Gasteiger partial charge in [-0.05, 0) is 71.7 Å². The number of amides is 4. The number of fused-ring (bicyclic) bond motifs is 1. The van der Waals surface area contributed by atoms with Gasteiger partial charge >= 0.3 is 6.03 Å². The molecule has 0 saturated carbocycles. The van der Waals surface area contributed by atoms with Crippen LogP contribution in [0.4, 0.5) is 14.9 Å². The first-order valence-electron chi connectivity index (χ1n) is 14.0. The van der Waals surface area contributed by atoms with Crippen LogP contribution in [0, 0.1) is 11.7 Å². The van der Waals surface area contributed by atoms with Crippen molar-refractivity contribution in [2.75, 3.05) is 11.4 Å². The Kier molecular flexibility index (Phi) is 9.73. The van der Waals surface area contributed by atoms with Crippen molar-refractivity contribution in [3.8, 4) is 11.1 Å². The Bertz CT molecular complexity index is 1390. The van der Waals surface area contributed by atoms with Crippen molar-refractivity contribution >= 4 is 23.5 Å². The molecule has 0 aromatic heterocycles. The molecule has 4 amide bonds. The van der Waals surface area contributed by atoms with Crippen molar-refractivity contribution in [1.29, 1.82) is 0 Å². The monoisotopic (exact) mass is 559 g/mol. The molecule has 41 heavy (non-hydrogen) atoms. The van der Waals surface area contributed by atoms with E-state index in [4.69, 9.17) is 5.73 Å². The van der Waals surface area contributed by atoms with Gasteiger partial charge in [0.1, 0.15) is 11.9 Å². The zero-order valence-corrected chi connectivity index (χ0v) is 23.7. The normalized spacial score (nSPS) is 15.6. The van der Waals surface area contributed by atoms with Gasteiger partial charge in [0.25, 0.3) is 0 Å². The number of hydrogen-bond acceptors (Lipinski definition) is 4. The fourth-order valence-electron chi connectivity index (χ4n) is 4.94. The van der Waals surface area contributed by atoms with Crippen LogP contribution < -0.4 is 26.6 Å². The number of nitrogens with zero attached hydrogens (tertiary/aromatic N) is 1. The minimum absolute atomic E-state index is 0.0776. The average Bonchev–Trinajstić information content (AvgIpc) is 3.08. The number of nitrogens with one attached hydrogen (secondary N) is 3. The molecule has 4 rings (SSSR count). The van der Waals surface area contributed by atoms with Gasteiger partial charge in [-0.25, -0.2) is 9.18 Å². The highest BCUT2D eigenvalue weighted by molar-refractivity contribution is 6.01. The molecule has 5 N–H and O–H groups in total. The second-order valence-corrected chi connectivity index (χ2v) is 10.6. The number of benzene rings is 3. The van der Waals surface area contributed by atoms with E-state index in [2.05, 4.69) is 16.0 Å². The molecule has 1 heterocycles. The van der Waals surface area contributed by atoms with Gasteiger partial charge in [-0.1, -0.05) is 62.4 Å². The topological polar surface area (TPSA) is 117 Å². The van der Waals surface area contributed by atoms with Gasteiger partial charge in [-0.3, -0.25) is 9.59 Å². The van der Waals surface area contributed by atoms with E-state index in [1.165, 1.54) is 12.1 Å². The number of anilines is 1. The van der Waals surface area contributed by atoms with Crippen LogP contribution in [0.3, 0.4) is 0 Å². The summed E-state index contributed by atoms with van der Waals surface area (Å²) >= 11 is 0. The fraction of sp³-hybridized carbons (Fsp3) is 0.344. The maximum absolute atomic E-state index is 14.1. The lowest BCUT2D eigenvalue weighted by Crippen LogP contribution is -2.53. The predicted octanol–water partition coefficient (Wildman–Crippen LogP) is 4.26. The Labute approximate surface area is 240 Å². The van der Waals surface area contributed by atoms with E-state index < -0.39 is 12.1 Å². The molecule has 1 aliphatic heterocycles. The van der Waals surface area contributed by atoms with E-state index >= 15 is 0 Å². The van der Waals surface area contributed by atoms with Crippen LogP contribution in [0.2, 0.25) is 0 Å². The minimum Gasteiger partial charge on any atom is -0.343 e. The van der Waals surface area contributed by atoms with Gasteiger partial charge in [0, 0.05) is 18.8 Å². The standard InChI is InChI=1S/C32H38FN5O3/c1-4-35-32(41)36-18-24-7-5-6-8-26(24)22-11-9-21(10-12-22)19-38-28-16-14-25(33)17-23(28)13-15-27(31(38)40)37-30(39)29(34)20(2)3/h5-12,14,16-17,20,27,29H,4,13,15,18-19,34H2,1-3H3,(H,37,39)(H2,35,36,41)/t27-,29?/m1/s1. The number of nitrogens with two attached hydrogens (primary N) is 1. The first-order chi connectivity index (χ1) is 19.7. The summed E-state index contributed by atoms with van der Waals surface area (Å²) in [5.41, 5.74) is 11.2. The Balaban J connectivity index is 1.57. The third kappa shape index (κ3) is 7.29. The van der Waals surface area contributed by atoms with E-state index in [-0.39, 0.29) is 36.1 Å². The quantitative estimate of drug-likeness (QED) is 0.314. The lowest BCUT2D eigenvalue weighted by molar-refractivity contribution is -0.129. The van der Waals surface area contributed by atoms with Gasteiger partial charge in [-0.15, -0.1) is 0 Å². The molecule has 8 nitrogen and oxygen atoms in total. The lowest BCUT2D eigenvalue weighted by atomic mass is 9.98. The molecule has 2 atom stereocenters. The van der Waals surface area contributed by atoms with Gasteiger partial charge in [-0.2, -0.15) is 0 Å². The number of rotatable bonds is 9. The van der Waals surface area contributed by atoms with E-state index in [0.717, 1.165) is 22.3 Å². The van der Waals surface area contributed by atoms with Gasteiger partial charge in [0.05, 0.1) is 12.6 Å². The molecule has 0 aliphatic carbocycles. The molecular weight excluding hydrogens is 521 g/mol. The first kappa shape index (κ1) is 29.7. The number of aryl methyl sites for hydroxylation is 1. The summed E-state index contributed by atoms with van der Waals surface area (Å²) in [5.74, 6) is -1.08. The Morgan fingerprint density at radius 3 is 2.49 bits per heavy atom. The highest BCUT2D eigenvalue weighted by Gasteiger charge is 2.33. The van der Waals surface area contributed by atoms with E-state index in [9.17, 15) is 18.8 Å². The molecule has 0 bridgehead atoms. The Morgan fingerprint density at radius 2 is 1.78 bits per heavy atom. The highest BCUT2D eigenvalue weighted by atomic mass is 19.1. The summed E-state index contributed by atoms with van der Waals surface area (Å²) in [6.07, 6.45) is 0.791. The van der Waals surface area contributed by atoms with E-state index in [1.807, 2.05) is 69.3 Å². The van der Waals surface area contributed by atoms with Crippen LogP contribution >= 0.6 is 0 Å². The molecule has 3 aromatic carbocycles. The summed E-state index contributed by atoms with van der Waals surface area (Å²) < 4.78 is 14.1. The van der Waals surface area contributed by atoms with Crippen LogP contribution in [0.25, 0.3) is 11.1 Å². The largest absolute Gasteiger partial charge is 0.343 e. The molecule has 1 aliphatic rings. The average molecular weight is 560 g/mol. The fourth-order valence-corrected chi connectivity index (χ4v) is 4.94. The van der Waals surface area contributed by atoms with Crippen molar-refractivity contribution < 1.29 is 18.8 Å². The molecule has 1 unspecified atom stereocenters. The van der Waals surface area contributed by atoms with Crippen molar-refractivity contribution in [3.63, 3.8) is 0 Å². The number of carbonyl (C=O) groups is 3. The zero-order chi connectivity index (χ0) is 29.5. The summed E-state index contributed by atoms with van der Waals surface area (Å²) in [7, 11) is 0. The number of hydrogen-bond donors (Lipinski definition) is 4. The molecule has 9 heteroatoms. The van der Waals surface area contributed by atoms with Crippen LogP contribution in [-0.4, -0.2) is 36.5 Å².